The molecule has 2 fully saturated rings. The predicted octanol–water partition coefficient (Wildman–Crippen LogP) is 3.59. The van der Waals surface area contributed by atoms with Crippen LogP contribution in [0.1, 0.15) is 58.3 Å². The molecule has 15 heavy (non-hydrogen) atoms. The molecule has 0 amide bonds. The maximum Gasteiger partial charge on any atom is 0.00949 e. The van der Waals surface area contributed by atoms with Crippen LogP contribution in [0.25, 0.3) is 0 Å². The SMILES string of the molecule is CNC1CCCCC1C1CCCC(C)C1. The van der Waals surface area contributed by atoms with Gasteiger partial charge in [-0.2, -0.15) is 0 Å². The molecule has 1 heteroatoms. The first kappa shape index (κ1) is 11.4. The Kier molecular flexibility index (Phi) is 4.07. The lowest BCUT2D eigenvalue weighted by molar-refractivity contribution is 0.134. The molecule has 0 saturated heterocycles. The van der Waals surface area contributed by atoms with Gasteiger partial charge in [-0.3, -0.25) is 0 Å². The summed E-state index contributed by atoms with van der Waals surface area (Å²) in [6.07, 6.45) is 11.8. The molecular weight excluding hydrogens is 182 g/mol. The van der Waals surface area contributed by atoms with Gasteiger partial charge < -0.3 is 5.32 Å². The van der Waals surface area contributed by atoms with E-state index in [9.17, 15) is 0 Å². The van der Waals surface area contributed by atoms with E-state index in [2.05, 4.69) is 19.3 Å². The molecule has 2 aliphatic rings. The number of hydrogen-bond acceptors (Lipinski definition) is 1. The molecule has 0 heterocycles. The van der Waals surface area contributed by atoms with Gasteiger partial charge in [0.2, 0.25) is 0 Å². The van der Waals surface area contributed by atoms with Gasteiger partial charge in [0.25, 0.3) is 0 Å². The van der Waals surface area contributed by atoms with Crippen molar-refractivity contribution in [2.45, 2.75) is 64.3 Å². The summed E-state index contributed by atoms with van der Waals surface area (Å²) >= 11 is 0. The lowest BCUT2D eigenvalue weighted by Gasteiger charge is -2.40. The van der Waals surface area contributed by atoms with Crippen molar-refractivity contribution >= 4 is 0 Å². The average molecular weight is 209 g/mol. The fraction of sp³-hybridized carbons (Fsp3) is 1.00. The Morgan fingerprint density at radius 2 is 1.73 bits per heavy atom. The molecule has 2 aliphatic carbocycles. The first-order valence-electron chi connectivity index (χ1n) is 6.98. The van der Waals surface area contributed by atoms with Gasteiger partial charge in [0, 0.05) is 6.04 Å². The van der Waals surface area contributed by atoms with E-state index in [1.807, 2.05) is 0 Å². The summed E-state index contributed by atoms with van der Waals surface area (Å²) in [5.41, 5.74) is 0. The number of rotatable bonds is 2. The lowest BCUT2D eigenvalue weighted by atomic mass is 9.69. The van der Waals surface area contributed by atoms with Crippen LogP contribution in [0.15, 0.2) is 0 Å². The highest BCUT2D eigenvalue weighted by atomic mass is 14.9. The first-order valence-corrected chi connectivity index (χ1v) is 6.98. The molecule has 1 N–H and O–H groups in total. The summed E-state index contributed by atoms with van der Waals surface area (Å²) in [4.78, 5) is 0. The van der Waals surface area contributed by atoms with Crippen molar-refractivity contribution < 1.29 is 0 Å². The minimum atomic E-state index is 0.828. The van der Waals surface area contributed by atoms with Crippen LogP contribution in [0.3, 0.4) is 0 Å². The van der Waals surface area contributed by atoms with E-state index in [1.54, 1.807) is 0 Å². The summed E-state index contributed by atoms with van der Waals surface area (Å²) in [6, 6.07) is 0.828. The number of nitrogens with one attached hydrogen (secondary N) is 1. The first-order chi connectivity index (χ1) is 7.31. The van der Waals surface area contributed by atoms with Gasteiger partial charge in [0.15, 0.2) is 0 Å². The summed E-state index contributed by atoms with van der Waals surface area (Å²) in [6.45, 7) is 2.45. The molecule has 0 aromatic carbocycles. The van der Waals surface area contributed by atoms with Gasteiger partial charge in [-0.05, 0) is 44.1 Å². The molecule has 1 nitrogen and oxygen atoms in total. The van der Waals surface area contributed by atoms with Gasteiger partial charge in [-0.1, -0.05) is 39.0 Å². The zero-order valence-corrected chi connectivity index (χ0v) is 10.5. The lowest BCUT2D eigenvalue weighted by Crippen LogP contribution is -2.41. The van der Waals surface area contributed by atoms with Crippen molar-refractivity contribution in [1.29, 1.82) is 0 Å². The van der Waals surface area contributed by atoms with Gasteiger partial charge in [0.05, 0.1) is 0 Å². The molecule has 0 aromatic heterocycles. The zero-order chi connectivity index (χ0) is 10.7. The third kappa shape index (κ3) is 2.75. The Morgan fingerprint density at radius 1 is 0.933 bits per heavy atom. The molecule has 0 aliphatic heterocycles. The Bertz CT molecular complexity index is 190. The Morgan fingerprint density at radius 3 is 2.47 bits per heavy atom. The van der Waals surface area contributed by atoms with E-state index in [1.165, 1.54) is 51.4 Å². The van der Waals surface area contributed by atoms with E-state index in [4.69, 9.17) is 0 Å². The van der Waals surface area contributed by atoms with Crippen LogP contribution in [0.2, 0.25) is 0 Å². The second-order valence-corrected chi connectivity index (χ2v) is 5.88. The van der Waals surface area contributed by atoms with Crippen LogP contribution in [0.5, 0.6) is 0 Å². The Hall–Kier alpha value is -0.0400. The van der Waals surface area contributed by atoms with Gasteiger partial charge in [0.1, 0.15) is 0 Å². The van der Waals surface area contributed by atoms with E-state index in [-0.39, 0.29) is 0 Å². The van der Waals surface area contributed by atoms with Crippen LogP contribution in [0.4, 0.5) is 0 Å². The number of hydrogen-bond donors (Lipinski definition) is 1. The smallest absolute Gasteiger partial charge is 0.00949 e. The third-order valence-corrected chi connectivity index (χ3v) is 4.77. The fourth-order valence-electron chi connectivity index (χ4n) is 3.95. The van der Waals surface area contributed by atoms with E-state index in [0.29, 0.717) is 0 Å². The summed E-state index contributed by atoms with van der Waals surface area (Å²) in [7, 11) is 2.16. The summed E-state index contributed by atoms with van der Waals surface area (Å²) in [5, 5.41) is 3.57. The van der Waals surface area contributed by atoms with Crippen molar-refractivity contribution in [3.8, 4) is 0 Å². The molecule has 0 aromatic rings. The second kappa shape index (κ2) is 5.34. The minimum Gasteiger partial charge on any atom is -0.317 e. The van der Waals surface area contributed by atoms with Crippen LogP contribution in [-0.4, -0.2) is 13.1 Å². The van der Waals surface area contributed by atoms with Crippen molar-refractivity contribution in [3.63, 3.8) is 0 Å². The van der Waals surface area contributed by atoms with Gasteiger partial charge >= 0.3 is 0 Å². The summed E-state index contributed by atoms with van der Waals surface area (Å²) < 4.78 is 0. The topological polar surface area (TPSA) is 12.0 Å². The molecule has 2 rings (SSSR count). The molecule has 88 valence electrons. The largest absolute Gasteiger partial charge is 0.317 e. The maximum atomic E-state index is 3.57. The van der Waals surface area contributed by atoms with Gasteiger partial charge in [-0.15, -0.1) is 0 Å². The monoisotopic (exact) mass is 209 g/mol. The Labute approximate surface area is 95.0 Å². The quantitative estimate of drug-likeness (QED) is 0.733. The maximum absolute atomic E-state index is 3.57. The standard InChI is InChI=1S/C14H27N/c1-11-6-5-7-12(10-11)13-8-3-4-9-14(13)15-2/h11-15H,3-10H2,1-2H3. The van der Waals surface area contributed by atoms with Crippen LogP contribution in [0, 0.1) is 17.8 Å². The van der Waals surface area contributed by atoms with E-state index < -0.39 is 0 Å². The average Bonchev–Trinajstić information content (AvgIpc) is 2.29. The molecule has 0 radical (unpaired) electrons. The van der Waals surface area contributed by atoms with Crippen molar-refractivity contribution in [2.24, 2.45) is 17.8 Å². The minimum absolute atomic E-state index is 0.828. The molecule has 4 unspecified atom stereocenters. The van der Waals surface area contributed by atoms with Gasteiger partial charge in [-0.25, -0.2) is 0 Å². The van der Waals surface area contributed by atoms with Crippen molar-refractivity contribution in [3.05, 3.63) is 0 Å². The molecular formula is C14H27N. The molecule has 4 atom stereocenters. The fourth-order valence-corrected chi connectivity index (χ4v) is 3.95. The predicted molar refractivity (Wildman–Crippen MR) is 65.9 cm³/mol. The molecule has 0 bridgehead atoms. The third-order valence-electron chi connectivity index (χ3n) is 4.77. The van der Waals surface area contributed by atoms with Crippen LogP contribution >= 0.6 is 0 Å². The normalized spacial score (nSPS) is 42.8. The van der Waals surface area contributed by atoms with Crippen molar-refractivity contribution in [2.75, 3.05) is 7.05 Å². The second-order valence-electron chi connectivity index (χ2n) is 5.88. The van der Waals surface area contributed by atoms with Crippen LogP contribution in [-0.2, 0) is 0 Å². The molecule has 2 saturated carbocycles. The molecule has 0 spiro atoms. The highest BCUT2D eigenvalue weighted by molar-refractivity contribution is 4.87. The highest BCUT2D eigenvalue weighted by Gasteiger charge is 2.32. The van der Waals surface area contributed by atoms with E-state index >= 15 is 0 Å². The van der Waals surface area contributed by atoms with E-state index in [0.717, 1.165) is 23.8 Å². The van der Waals surface area contributed by atoms with Crippen molar-refractivity contribution in [1.82, 2.24) is 5.32 Å². The summed E-state index contributed by atoms with van der Waals surface area (Å²) in [5.74, 6) is 3.01. The highest BCUT2D eigenvalue weighted by Crippen LogP contribution is 2.40. The Balaban J connectivity index is 1.94. The zero-order valence-electron chi connectivity index (χ0n) is 10.5. The van der Waals surface area contributed by atoms with Crippen LogP contribution < -0.4 is 5.32 Å².